The molecule has 7 heteroatoms. The summed E-state index contributed by atoms with van der Waals surface area (Å²) in [6, 6.07) is 22.2. The average Bonchev–Trinajstić information content (AvgIpc) is 3.50. The summed E-state index contributed by atoms with van der Waals surface area (Å²) >= 11 is 0. The monoisotopic (exact) mass is 496 g/mol. The van der Waals surface area contributed by atoms with Gasteiger partial charge in [0.2, 0.25) is 0 Å². The first-order chi connectivity index (χ1) is 18.0. The number of aryl methyl sites for hydroxylation is 1. The summed E-state index contributed by atoms with van der Waals surface area (Å²) in [4.78, 5) is 29.6. The Morgan fingerprint density at radius 1 is 0.838 bits per heavy atom. The first kappa shape index (κ1) is 23.4. The van der Waals surface area contributed by atoms with Crippen LogP contribution in [-0.2, 0) is 7.05 Å². The van der Waals surface area contributed by atoms with E-state index >= 15 is 0 Å². The fourth-order valence-corrected chi connectivity index (χ4v) is 5.51. The molecule has 6 nitrogen and oxygen atoms in total. The minimum Gasteiger partial charge on any atom is -0.350 e. The third kappa shape index (κ3) is 4.51. The van der Waals surface area contributed by atoms with E-state index in [1.54, 1.807) is 6.07 Å². The minimum absolute atomic E-state index is 0.0146. The van der Waals surface area contributed by atoms with Crippen molar-refractivity contribution < 1.29 is 14.0 Å². The second-order valence-electron chi connectivity index (χ2n) is 10.1. The molecule has 0 saturated carbocycles. The Kier molecular flexibility index (Phi) is 6.00. The molecule has 2 amide bonds. The van der Waals surface area contributed by atoms with Crippen LogP contribution >= 0.6 is 0 Å². The maximum Gasteiger partial charge on any atom is 0.254 e. The van der Waals surface area contributed by atoms with Gasteiger partial charge in [-0.15, -0.1) is 0 Å². The summed E-state index contributed by atoms with van der Waals surface area (Å²) < 4.78 is 15.8. The molecule has 0 bridgehead atoms. The predicted octanol–water partition coefficient (Wildman–Crippen LogP) is 4.31. The van der Waals surface area contributed by atoms with Gasteiger partial charge in [-0.1, -0.05) is 36.4 Å². The summed E-state index contributed by atoms with van der Waals surface area (Å²) in [5.41, 5.74) is 4.08. The van der Waals surface area contributed by atoms with Crippen LogP contribution in [0.5, 0.6) is 0 Å². The van der Waals surface area contributed by atoms with Crippen molar-refractivity contribution in [2.24, 2.45) is 7.05 Å². The van der Waals surface area contributed by atoms with Gasteiger partial charge in [-0.2, -0.15) is 0 Å². The number of aromatic nitrogens is 1. The zero-order valence-corrected chi connectivity index (χ0v) is 20.7. The lowest BCUT2D eigenvalue weighted by Gasteiger charge is -2.41. The lowest BCUT2D eigenvalue weighted by Crippen LogP contribution is -2.62. The Balaban J connectivity index is 1.07. The summed E-state index contributed by atoms with van der Waals surface area (Å²) in [5, 5.41) is 4.62. The van der Waals surface area contributed by atoms with E-state index in [0.717, 1.165) is 40.6 Å². The molecule has 1 atom stereocenters. The van der Waals surface area contributed by atoms with Crippen molar-refractivity contribution in [3.63, 3.8) is 0 Å². The van der Waals surface area contributed by atoms with Crippen LogP contribution in [0.3, 0.4) is 0 Å². The number of nitrogens with zero attached hydrogens (tertiary/aromatic N) is 3. The van der Waals surface area contributed by atoms with Crippen LogP contribution in [0.25, 0.3) is 22.0 Å². The molecule has 1 aromatic heterocycles. The van der Waals surface area contributed by atoms with E-state index in [0.29, 0.717) is 25.2 Å². The van der Waals surface area contributed by atoms with Gasteiger partial charge < -0.3 is 19.7 Å². The first-order valence-corrected chi connectivity index (χ1v) is 12.7. The normalized spacial score (nSPS) is 17.8. The number of likely N-dealkylation sites (tertiary alicyclic amines) is 2. The van der Waals surface area contributed by atoms with Crippen LogP contribution in [-0.4, -0.2) is 64.4 Å². The Labute approximate surface area is 215 Å². The summed E-state index contributed by atoms with van der Waals surface area (Å²) in [6.45, 7) is 2.74. The van der Waals surface area contributed by atoms with Gasteiger partial charge in [-0.3, -0.25) is 9.59 Å². The third-order valence-electron chi connectivity index (χ3n) is 7.51. The largest absolute Gasteiger partial charge is 0.350 e. The number of carbonyl (C=O) groups excluding carboxylic acids is 2. The molecule has 2 saturated heterocycles. The van der Waals surface area contributed by atoms with Crippen molar-refractivity contribution in [2.45, 2.75) is 18.5 Å². The summed E-state index contributed by atoms with van der Waals surface area (Å²) in [6.07, 6.45) is 2.89. The highest BCUT2D eigenvalue weighted by Gasteiger charge is 2.35. The fourth-order valence-electron chi connectivity index (χ4n) is 5.51. The van der Waals surface area contributed by atoms with Crippen molar-refractivity contribution in [3.05, 3.63) is 95.9 Å². The van der Waals surface area contributed by atoms with Gasteiger partial charge in [-0.25, -0.2) is 4.39 Å². The molecule has 0 radical (unpaired) electrons. The molecule has 2 aliphatic heterocycles. The number of hydrogen-bond donors (Lipinski definition) is 1. The van der Waals surface area contributed by atoms with Crippen LogP contribution in [0.15, 0.2) is 79.0 Å². The molecule has 37 heavy (non-hydrogen) atoms. The fraction of sp³-hybridized carbons (Fsp3) is 0.267. The Morgan fingerprint density at radius 3 is 2.38 bits per heavy atom. The van der Waals surface area contributed by atoms with Crippen LogP contribution in [0.1, 0.15) is 27.1 Å². The van der Waals surface area contributed by atoms with E-state index in [1.807, 2.05) is 82.2 Å². The maximum absolute atomic E-state index is 13.8. The maximum atomic E-state index is 13.8. The highest BCUT2D eigenvalue weighted by molar-refractivity contribution is 6.02. The van der Waals surface area contributed by atoms with Crippen molar-refractivity contribution in [1.82, 2.24) is 19.7 Å². The Bertz CT molecular complexity index is 1480. The van der Waals surface area contributed by atoms with E-state index in [2.05, 4.69) is 5.32 Å². The van der Waals surface area contributed by atoms with Gasteiger partial charge in [0.15, 0.2) is 0 Å². The number of rotatable bonds is 5. The van der Waals surface area contributed by atoms with Crippen molar-refractivity contribution in [3.8, 4) is 11.1 Å². The molecule has 1 N–H and O–H groups in total. The number of halogens is 1. The van der Waals surface area contributed by atoms with E-state index in [9.17, 15) is 14.0 Å². The van der Waals surface area contributed by atoms with Crippen molar-refractivity contribution in [2.75, 3.05) is 26.2 Å². The lowest BCUT2D eigenvalue weighted by molar-refractivity contribution is 0.0553. The molecule has 3 heterocycles. The van der Waals surface area contributed by atoms with Gasteiger partial charge in [-0.05, 0) is 48.4 Å². The molecular weight excluding hydrogens is 467 g/mol. The number of carbonyl (C=O) groups is 2. The standard InChI is InChI=1S/C30H29FN4O2/c1-33-19-27(21-8-5-9-23(31)14-21)26-11-10-22(15-28(26)33)30(37)35-17-25(18-35)32-24-12-13-34(16-24)29(36)20-6-3-2-4-7-20/h2-11,14-15,19,24-25,32H,12-13,16-18H2,1H3. The molecular formula is C30H29FN4O2. The molecule has 188 valence electrons. The Morgan fingerprint density at radius 2 is 1.59 bits per heavy atom. The van der Waals surface area contributed by atoms with Gasteiger partial charge >= 0.3 is 0 Å². The summed E-state index contributed by atoms with van der Waals surface area (Å²) in [5.74, 6) is -0.178. The van der Waals surface area contributed by atoms with Gasteiger partial charge in [0.05, 0.1) is 0 Å². The van der Waals surface area contributed by atoms with Crippen molar-refractivity contribution in [1.29, 1.82) is 0 Å². The molecule has 4 aromatic rings. The zero-order chi connectivity index (χ0) is 25.5. The minimum atomic E-state index is -0.268. The predicted molar refractivity (Wildman–Crippen MR) is 142 cm³/mol. The van der Waals surface area contributed by atoms with E-state index in [-0.39, 0.29) is 29.7 Å². The molecule has 6 rings (SSSR count). The highest BCUT2D eigenvalue weighted by Crippen LogP contribution is 2.31. The lowest BCUT2D eigenvalue weighted by atomic mass is 10.0. The van der Waals surface area contributed by atoms with Gasteiger partial charge in [0, 0.05) is 79.1 Å². The number of amides is 2. The van der Waals surface area contributed by atoms with Crippen LogP contribution in [0.4, 0.5) is 4.39 Å². The second kappa shape index (κ2) is 9.48. The number of fused-ring (bicyclic) bond motifs is 1. The van der Waals surface area contributed by atoms with E-state index in [4.69, 9.17) is 0 Å². The highest BCUT2D eigenvalue weighted by atomic mass is 19.1. The first-order valence-electron chi connectivity index (χ1n) is 12.7. The van der Waals surface area contributed by atoms with E-state index in [1.165, 1.54) is 12.1 Å². The zero-order valence-electron chi connectivity index (χ0n) is 20.7. The summed E-state index contributed by atoms with van der Waals surface area (Å²) in [7, 11) is 1.94. The van der Waals surface area contributed by atoms with Gasteiger partial charge in [0.25, 0.3) is 11.8 Å². The molecule has 1 unspecified atom stereocenters. The molecule has 2 aliphatic rings. The smallest absolute Gasteiger partial charge is 0.254 e. The van der Waals surface area contributed by atoms with Crippen LogP contribution < -0.4 is 5.32 Å². The van der Waals surface area contributed by atoms with E-state index < -0.39 is 0 Å². The number of benzene rings is 3. The van der Waals surface area contributed by atoms with Crippen LogP contribution in [0.2, 0.25) is 0 Å². The second-order valence-corrected chi connectivity index (χ2v) is 10.1. The van der Waals surface area contributed by atoms with Crippen molar-refractivity contribution >= 4 is 22.7 Å². The molecule has 2 fully saturated rings. The molecule has 3 aromatic carbocycles. The number of nitrogens with one attached hydrogen (secondary N) is 1. The molecule has 0 spiro atoms. The molecule has 0 aliphatic carbocycles. The third-order valence-corrected chi connectivity index (χ3v) is 7.51. The van der Waals surface area contributed by atoms with Gasteiger partial charge in [0.1, 0.15) is 5.82 Å². The SMILES string of the molecule is Cn1cc(-c2cccc(F)c2)c2ccc(C(=O)N3CC(NC4CCN(C(=O)c5ccccc5)C4)C3)cc21. The quantitative estimate of drug-likeness (QED) is 0.448. The average molecular weight is 497 g/mol. The number of hydrogen-bond acceptors (Lipinski definition) is 3. The Hall–Kier alpha value is -3.97. The topological polar surface area (TPSA) is 57.6 Å². The van der Waals surface area contributed by atoms with Crippen LogP contribution in [0, 0.1) is 5.82 Å².